The zero-order valence-corrected chi connectivity index (χ0v) is 17.0. The predicted molar refractivity (Wildman–Crippen MR) is 106 cm³/mol. The SMILES string of the molecule is Cc1cnc(C(=O)I)cc1-n1c(C)cc(OCc2ncc(F)cc2F)cc1=O. The molecule has 0 saturated carbocycles. The summed E-state index contributed by atoms with van der Waals surface area (Å²) in [6.45, 7) is 3.23. The van der Waals surface area contributed by atoms with Crippen molar-refractivity contribution in [2.75, 3.05) is 0 Å². The molecule has 144 valence electrons. The van der Waals surface area contributed by atoms with Crippen molar-refractivity contribution in [1.82, 2.24) is 14.5 Å². The zero-order valence-electron chi connectivity index (χ0n) is 14.9. The summed E-state index contributed by atoms with van der Waals surface area (Å²) in [6.07, 6.45) is 2.42. The first-order valence-corrected chi connectivity index (χ1v) is 9.17. The Bertz CT molecular complexity index is 1130. The van der Waals surface area contributed by atoms with Crippen molar-refractivity contribution >= 4 is 26.4 Å². The van der Waals surface area contributed by atoms with Gasteiger partial charge in [-0.25, -0.2) is 8.78 Å². The van der Waals surface area contributed by atoms with Gasteiger partial charge in [-0.1, -0.05) is 0 Å². The number of hydrogen-bond acceptors (Lipinski definition) is 5. The van der Waals surface area contributed by atoms with Gasteiger partial charge < -0.3 is 4.74 Å². The Balaban J connectivity index is 1.92. The van der Waals surface area contributed by atoms with E-state index in [1.165, 1.54) is 16.8 Å². The lowest BCUT2D eigenvalue weighted by Gasteiger charge is -2.15. The highest BCUT2D eigenvalue weighted by Crippen LogP contribution is 2.19. The van der Waals surface area contributed by atoms with Gasteiger partial charge in [-0.15, -0.1) is 0 Å². The maximum Gasteiger partial charge on any atom is 0.259 e. The summed E-state index contributed by atoms with van der Waals surface area (Å²) >= 11 is 1.63. The van der Waals surface area contributed by atoms with Gasteiger partial charge in [-0.2, -0.15) is 0 Å². The Kier molecular flexibility index (Phi) is 5.82. The fraction of sp³-hybridized carbons (Fsp3) is 0.158. The first-order chi connectivity index (χ1) is 13.3. The number of aryl methyl sites for hydroxylation is 2. The van der Waals surface area contributed by atoms with E-state index in [-0.39, 0.29) is 33.1 Å². The van der Waals surface area contributed by atoms with Gasteiger partial charge in [0.15, 0.2) is 5.82 Å². The third-order valence-electron chi connectivity index (χ3n) is 3.97. The molecule has 0 aliphatic heterocycles. The van der Waals surface area contributed by atoms with Crippen LogP contribution in [0.1, 0.15) is 27.4 Å². The highest BCUT2D eigenvalue weighted by molar-refractivity contribution is 14.1. The van der Waals surface area contributed by atoms with Gasteiger partial charge in [-0.3, -0.25) is 24.1 Å². The van der Waals surface area contributed by atoms with Gasteiger partial charge in [0, 0.05) is 52.7 Å². The molecule has 3 aromatic rings. The Morgan fingerprint density at radius 1 is 1.14 bits per heavy atom. The summed E-state index contributed by atoms with van der Waals surface area (Å²) < 4.78 is 33.2. The highest BCUT2D eigenvalue weighted by atomic mass is 127. The lowest BCUT2D eigenvalue weighted by molar-refractivity contribution is 0.110. The lowest BCUT2D eigenvalue weighted by Crippen LogP contribution is -2.21. The Morgan fingerprint density at radius 3 is 2.54 bits per heavy atom. The molecule has 9 heteroatoms. The molecule has 0 radical (unpaired) electrons. The Hall–Kier alpha value is -2.69. The largest absolute Gasteiger partial charge is 0.487 e. The third-order valence-corrected chi connectivity index (χ3v) is 4.52. The van der Waals surface area contributed by atoms with Crippen LogP contribution in [0.4, 0.5) is 8.78 Å². The smallest absolute Gasteiger partial charge is 0.259 e. The summed E-state index contributed by atoms with van der Waals surface area (Å²) in [5.41, 5.74) is 1.59. The van der Waals surface area contributed by atoms with Crippen molar-refractivity contribution in [3.63, 3.8) is 0 Å². The topological polar surface area (TPSA) is 74.1 Å². The van der Waals surface area contributed by atoms with Gasteiger partial charge in [0.05, 0.1) is 11.9 Å². The van der Waals surface area contributed by atoms with Crippen molar-refractivity contribution in [2.24, 2.45) is 0 Å². The van der Waals surface area contributed by atoms with E-state index < -0.39 is 11.6 Å². The molecular weight excluding hydrogens is 483 g/mol. The molecule has 0 unspecified atom stereocenters. The van der Waals surface area contributed by atoms with E-state index in [0.29, 0.717) is 17.4 Å². The van der Waals surface area contributed by atoms with Crippen LogP contribution in [0.3, 0.4) is 0 Å². The van der Waals surface area contributed by atoms with Crippen LogP contribution in [0, 0.1) is 25.5 Å². The number of halogens is 3. The van der Waals surface area contributed by atoms with Crippen molar-refractivity contribution < 1.29 is 18.3 Å². The van der Waals surface area contributed by atoms with E-state index in [1.54, 1.807) is 48.6 Å². The van der Waals surface area contributed by atoms with E-state index in [4.69, 9.17) is 4.74 Å². The average Bonchev–Trinajstić information content (AvgIpc) is 2.61. The molecule has 0 amide bonds. The van der Waals surface area contributed by atoms with Crippen LogP contribution in [0.2, 0.25) is 0 Å². The number of carbonyl (C=O) groups is 1. The van der Waals surface area contributed by atoms with Crippen LogP contribution in [-0.2, 0) is 6.61 Å². The summed E-state index contributed by atoms with van der Waals surface area (Å²) in [5.74, 6) is -1.38. The van der Waals surface area contributed by atoms with Crippen LogP contribution in [0.15, 0.2) is 41.5 Å². The molecule has 3 aromatic heterocycles. The maximum absolute atomic E-state index is 13.7. The van der Waals surface area contributed by atoms with Crippen molar-refractivity contribution in [2.45, 2.75) is 20.5 Å². The predicted octanol–water partition coefficient (Wildman–Crippen LogP) is 3.68. The molecule has 3 rings (SSSR count). The van der Waals surface area contributed by atoms with Crippen molar-refractivity contribution in [1.29, 1.82) is 0 Å². The zero-order chi connectivity index (χ0) is 20.4. The summed E-state index contributed by atoms with van der Waals surface area (Å²) in [7, 11) is 0. The van der Waals surface area contributed by atoms with Crippen LogP contribution in [-0.4, -0.2) is 18.3 Å². The van der Waals surface area contributed by atoms with Gasteiger partial charge in [-0.05, 0) is 25.5 Å². The normalized spacial score (nSPS) is 10.8. The van der Waals surface area contributed by atoms with Gasteiger partial charge >= 0.3 is 0 Å². The van der Waals surface area contributed by atoms with E-state index in [9.17, 15) is 18.4 Å². The number of aromatic nitrogens is 3. The second-order valence-electron chi connectivity index (χ2n) is 6.01. The number of pyridine rings is 3. The average molecular weight is 497 g/mol. The first kappa shape index (κ1) is 20.1. The number of ether oxygens (including phenoxy) is 1. The molecule has 0 saturated heterocycles. The fourth-order valence-corrected chi connectivity index (χ4v) is 2.92. The first-order valence-electron chi connectivity index (χ1n) is 8.09. The minimum absolute atomic E-state index is 0.0709. The Morgan fingerprint density at radius 2 is 1.89 bits per heavy atom. The third kappa shape index (κ3) is 4.24. The number of nitrogens with zero attached hydrogens (tertiary/aromatic N) is 3. The Labute approximate surface area is 172 Å². The number of hydrogen-bond donors (Lipinski definition) is 0. The molecule has 0 fully saturated rings. The number of carbonyl (C=O) groups excluding carboxylic acids is 1. The van der Waals surface area contributed by atoms with Crippen LogP contribution >= 0.6 is 22.6 Å². The maximum atomic E-state index is 13.7. The summed E-state index contributed by atoms with van der Waals surface area (Å²) in [6, 6.07) is 5.12. The quantitative estimate of drug-likeness (QED) is 0.398. The van der Waals surface area contributed by atoms with E-state index in [0.717, 1.165) is 11.8 Å². The fourth-order valence-electron chi connectivity index (χ4n) is 2.63. The number of rotatable bonds is 5. The summed E-state index contributed by atoms with van der Waals surface area (Å²) in [5, 5.41) is 0. The van der Waals surface area contributed by atoms with Crippen molar-refractivity contribution in [3.05, 3.63) is 81.3 Å². The van der Waals surface area contributed by atoms with Crippen molar-refractivity contribution in [3.8, 4) is 11.4 Å². The molecule has 0 aliphatic rings. The van der Waals surface area contributed by atoms with Crippen LogP contribution in [0.25, 0.3) is 5.69 Å². The monoisotopic (exact) mass is 497 g/mol. The minimum atomic E-state index is -0.825. The van der Waals surface area contributed by atoms with Crippen LogP contribution < -0.4 is 10.3 Å². The second kappa shape index (κ2) is 8.13. The van der Waals surface area contributed by atoms with E-state index >= 15 is 0 Å². The molecule has 0 spiro atoms. The van der Waals surface area contributed by atoms with Gasteiger partial charge in [0.1, 0.15) is 29.6 Å². The molecule has 0 aliphatic carbocycles. The minimum Gasteiger partial charge on any atom is -0.487 e. The van der Waals surface area contributed by atoms with E-state index in [1.807, 2.05) is 0 Å². The second-order valence-corrected chi connectivity index (χ2v) is 6.99. The van der Waals surface area contributed by atoms with E-state index in [2.05, 4.69) is 9.97 Å². The highest BCUT2D eigenvalue weighted by Gasteiger charge is 2.13. The molecule has 0 atom stereocenters. The van der Waals surface area contributed by atoms with Gasteiger partial charge in [0.2, 0.25) is 3.79 Å². The standard InChI is InChI=1S/C19H14F2IN3O3/c1-10-7-23-15(19(22)27)6-17(10)25-11(2)3-13(5-18(25)26)28-9-16-14(21)4-12(20)8-24-16/h3-8H,9H2,1-2H3. The molecule has 28 heavy (non-hydrogen) atoms. The molecule has 3 heterocycles. The molecule has 0 bridgehead atoms. The molecular formula is C19H14F2IN3O3. The van der Waals surface area contributed by atoms with Crippen LogP contribution in [0.5, 0.6) is 5.75 Å². The molecule has 0 N–H and O–H groups in total. The molecule has 0 aromatic carbocycles. The lowest BCUT2D eigenvalue weighted by atomic mass is 10.2. The van der Waals surface area contributed by atoms with Gasteiger partial charge in [0.25, 0.3) is 5.56 Å². The molecule has 6 nitrogen and oxygen atoms in total. The summed E-state index contributed by atoms with van der Waals surface area (Å²) in [4.78, 5) is 31.9.